The van der Waals surface area contributed by atoms with E-state index in [9.17, 15) is 0 Å². The summed E-state index contributed by atoms with van der Waals surface area (Å²) in [6.07, 6.45) is 0.643. The van der Waals surface area contributed by atoms with Gasteiger partial charge in [-0.25, -0.2) is 5.84 Å². The summed E-state index contributed by atoms with van der Waals surface area (Å²) in [6.45, 7) is 2.67. The van der Waals surface area contributed by atoms with Crippen LogP contribution in [0.1, 0.15) is 12.5 Å². The Balaban J connectivity index is 2.77. The average molecular weight is 212 g/mol. The molecule has 0 spiro atoms. The fourth-order valence-corrected chi connectivity index (χ4v) is 1.37. The molecule has 0 atom stereocenters. The lowest BCUT2D eigenvalue weighted by Gasteiger charge is -2.06. The molecule has 0 aromatic heterocycles. The largest absolute Gasteiger partial charge is 0.312 e. The van der Waals surface area contributed by atoms with E-state index in [1.807, 2.05) is 31.2 Å². The molecule has 0 amide bonds. The van der Waals surface area contributed by atoms with Crippen LogP contribution in [0.2, 0.25) is 5.02 Å². The lowest BCUT2D eigenvalue weighted by Crippen LogP contribution is -2.32. The van der Waals surface area contributed by atoms with Gasteiger partial charge in [0.15, 0.2) is 0 Å². The normalized spacial score (nSPS) is 11.5. The highest BCUT2D eigenvalue weighted by atomic mass is 35.5. The Morgan fingerprint density at radius 3 is 2.79 bits per heavy atom. The van der Waals surface area contributed by atoms with Gasteiger partial charge in [-0.15, -0.1) is 0 Å². The van der Waals surface area contributed by atoms with E-state index in [0.29, 0.717) is 13.0 Å². The highest BCUT2D eigenvalue weighted by Crippen LogP contribution is 2.15. The molecule has 0 saturated heterocycles. The van der Waals surface area contributed by atoms with Gasteiger partial charge >= 0.3 is 0 Å². The molecule has 3 nitrogen and oxygen atoms in total. The molecule has 4 heteroatoms. The Hall–Kier alpha value is -1.06. The van der Waals surface area contributed by atoms with Crippen molar-refractivity contribution in [3.63, 3.8) is 0 Å². The van der Waals surface area contributed by atoms with Crippen LogP contribution >= 0.6 is 11.6 Å². The van der Waals surface area contributed by atoms with Crippen molar-refractivity contribution in [1.82, 2.24) is 5.43 Å². The third-order valence-corrected chi connectivity index (χ3v) is 2.20. The first kappa shape index (κ1) is 11.0. The quantitative estimate of drug-likeness (QED) is 0.347. The molecular weight excluding hydrogens is 198 g/mol. The molecule has 0 bridgehead atoms. The summed E-state index contributed by atoms with van der Waals surface area (Å²) in [5, 5.41) is 0.742. The van der Waals surface area contributed by atoms with Gasteiger partial charge in [-0.2, -0.15) is 0 Å². The van der Waals surface area contributed by atoms with Crippen LogP contribution < -0.4 is 11.3 Å². The van der Waals surface area contributed by atoms with Crippen molar-refractivity contribution in [3.8, 4) is 0 Å². The maximum Gasteiger partial charge on any atom is 0.115 e. The van der Waals surface area contributed by atoms with Crippen molar-refractivity contribution in [2.45, 2.75) is 13.3 Å². The third-order valence-electron chi connectivity index (χ3n) is 1.83. The van der Waals surface area contributed by atoms with Gasteiger partial charge in [-0.05, 0) is 18.6 Å². The first-order chi connectivity index (χ1) is 6.77. The maximum absolute atomic E-state index is 6.00. The summed E-state index contributed by atoms with van der Waals surface area (Å²) in [6, 6.07) is 7.67. The zero-order valence-electron chi connectivity index (χ0n) is 8.13. The Bertz CT molecular complexity index is 323. The van der Waals surface area contributed by atoms with Gasteiger partial charge in [0.1, 0.15) is 5.84 Å². The summed E-state index contributed by atoms with van der Waals surface area (Å²) >= 11 is 6.00. The molecular formula is C10H14ClN3. The highest BCUT2D eigenvalue weighted by Gasteiger charge is 2.02. The summed E-state index contributed by atoms with van der Waals surface area (Å²) < 4.78 is 0. The number of halogens is 1. The molecule has 0 radical (unpaired) electrons. The predicted molar refractivity (Wildman–Crippen MR) is 60.5 cm³/mol. The van der Waals surface area contributed by atoms with Gasteiger partial charge in [0.2, 0.25) is 0 Å². The van der Waals surface area contributed by atoms with Crippen molar-refractivity contribution in [1.29, 1.82) is 0 Å². The van der Waals surface area contributed by atoms with Crippen LogP contribution in [0, 0.1) is 0 Å². The SMILES string of the molecule is CCN=C(Cc1ccccc1Cl)NN. The van der Waals surface area contributed by atoms with Crippen LogP contribution in [0.3, 0.4) is 0 Å². The predicted octanol–water partition coefficient (Wildman–Crippen LogP) is 1.76. The van der Waals surface area contributed by atoms with Crippen molar-refractivity contribution >= 4 is 17.4 Å². The van der Waals surface area contributed by atoms with Gasteiger partial charge in [0.05, 0.1) is 0 Å². The number of amidine groups is 1. The maximum atomic E-state index is 6.00. The number of nitrogens with zero attached hydrogens (tertiary/aromatic N) is 1. The van der Waals surface area contributed by atoms with E-state index in [4.69, 9.17) is 17.4 Å². The standard InChI is InChI=1S/C10H14ClN3/c1-2-13-10(14-12)7-8-5-3-4-6-9(8)11/h3-6H,2,7,12H2,1H3,(H,13,14). The number of benzene rings is 1. The van der Waals surface area contributed by atoms with E-state index >= 15 is 0 Å². The molecule has 0 aliphatic rings. The Labute approximate surface area is 88.9 Å². The lowest BCUT2D eigenvalue weighted by atomic mass is 10.1. The van der Waals surface area contributed by atoms with E-state index in [2.05, 4.69) is 10.4 Å². The number of hydrazine groups is 1. The molecule has 1 rings (SSSR count). The molecule has 0 aliphatic carbocycles. The fourth-order valence-electron chi connectivity index (χ4n) is 1.17. The molecule has 1 aromatic carbocycles. The number of nitrogens with one attached hydrogen (secondary N) is 1. The fraction of sp³-hybridized carbons (Fsp3) is 0.300. The zero-order valence-corrected chi connectivity index (χ0v) is 8.88. The zero-order chi connectivity index (χ0) is 10.4. The second-order valence-corrected chi connectivity index (χ2v) is 3.24. The molecule has 1 aromatic rings. The summed E-state index contributed by atoms with van der Waals surface area (Å²) in [5.41, 5.74) is 3.60. The minimum Gasteiger partial charge on any atom is -0.312 e. The van der Waals surface area contributed by atoms with E-state index < -0.39 is 0 Å². The van der Waals surface area contributed by atoms with Gasteiger partial charge in [-0.1, -0.05) is 29.8 Å². The first-order valence-electron chi connectivity index (χ1n) is 4.51. The lowest BCUT2D eigenvalue weighted by molar-refractivity contribution is 0.958. The van der Waals surface area contributed by atoms with E-state index in [1.165, 1.54) is 0 Å². The van der Waals surface area contributed by atoms with Crippen molar-refractivity contribution in [2.24, 2.45) is 10.8 Å². The number of nitrogens with two attached hydrogens (primary N) is 1. The first-order valence-corrected chi connectivity index (χ1v) is 4.89. The van der Waals surface area contributed by atoms with E-state index in [-0.39, 0.29) is 0 Å². The van der Waals surface area contributed by atoms with Gasteiger partial charge in [0.25, 0.3) is 0 Å². The van der Waals surface area contributed by atoms with Crippen LogP contribution in [0.15, 0.2) is 29.3 Å². The van der Waals surface area contributed by atoms with Crippen LogP contribution in [0.25, 0.3) is 0 Å². The monoisotopic (exact) mass is 211 g/mol. The van der Waals surface area contributed by atoms with Crippen molar-refractivity contribution in [2.75, 3.05) is 6.54 Å². The molecule has 76 valence electrons. The molecule has 3 N–H and O–H groups in total. The summed E-state index contributed by atoms with van der Waals surface area (Å²) in [7, 11) is 0. The third kappa shape index (κ3) is 3.01. The molecule has 14 heavy (non-hydrogen) atoms. The van der Waals surface area contributed by atoms with Crippen molar-refractivity contribution in [3.05, 3.63) is 34.9 Å². The number of aliphatic imine (C=N–C) groups is 1. The highest BCUT2D eigenvalue weighted by molar-refractivity contribution is 6.31. The van der Waals surface area contributed by atoms with E-state index in [0.717, 1.165) is 16.4 Å². The van der Waals surface area contributed by atoms with Gasteiger partial charge in [0, 0.05) is 18.0 Å². The summed E-state index contributed by atoms with van der Waals surface area (Å²) in [5.74, 6) is 6.08. The Morgan fingerprint density at radius 2 is 2.21 bits per heavy atom. The Kier molecular flexibility index (Phi) is 4.43. The van der Waals surface area contributed by atoms with E-state index in [1.54, 1.807) is 0 Å². The van der Waals surface area contributed by atoms with Crippen LogP contribution in [0.4, 0.5) is 0 Å². The van der Waals surface area contributed by atoms with Crippen molar-refractivity contribution < 1.29 is 0 Å². The molecule has 0 aliphatic heterocycles. The topological polar surface area (TPSA) is 50.4 Å². The number of hydrogen-bond acceptors (Lipinski definition) is 2. The number of hydrogen-bond donors (Lipinski definition) is 2. The second-order valence-electron chi connectivity index (χ2n) is 2.83. The molecule has 0 saturated carbocycles. The minimum atomic E-state index is 0.643. The molecule has 0 heterocycles. The molecule has 0 unspecified atom stereocenters. The molecule has 0 fully saturated rings. The van der Waals surface area contributed by atoms with Crippen LogP contribution in [-0.4, -0.2) is 12.4 Å². The minimum absolute atomic E-state index is 0.643. The Morgan fingerprint density at radius 1 is 1.50 bits per heavy atom. The van der Waals surface area contributed by atoms with Crippen LogP contribution in [-0.2, 0) is 6.42 Å². The van der Waals surface area contributed by atoms with Crippen LogP contribution in [0.5, 0.6) is 0 Å². The average Bonchev–Trinajstić information content (AvgIpc) is 2.20. The smallest absolute Gasteiger partial charge is 0.115 e. The summed E-state index contributed by atoms with van der Waals surface area (Å²) in [4.78, 5) is 4.20. The number of rotatable bonds is 3. The second kappa shape index (κ2) is 5.62. The van der Waals surface area contributed by atoms with Gasteiger partial charge in [-0.3, -0.25) is 4.99 Å². The van der Waals surface area contributed by atoms with Gasteiger partial charge < -0.3 is 5.43 Å².